The van der Waals surface area contributed by atoms with Crippen molar-refractivity contribution in [2.75, 3.05) is 26.5 Å². The topological polar surface area (TPSA) is 83.9 Å². The number of hydrogen-bond acceptors (Lipinski definition) is 5. The minimum Gasteiger partial charge on any atom is -0.469 e. The van der Waals surface area contributed by atoms with E-state index in [2.05, 4.69) is 4.74 Å². The number of sulfonamides is 1. The van der Waals surface area contributed by atoms with Crippen LogP contribution in [0.3, 0.4) is 0 Å². The van der Waals surface area contributed by atoms with Crippen molar-refractivity contribution in [3.8, 4) is 0 Å². The predicted molar refractivity (Wildman–Crippen MR) is 71.1 cm³/mol. The average Bonchev–Trinajstić information content (AvgIpc) is 2.75. The zero-order valence-corrected chi connectivity index (χ0v) is 12.4. The van der Waals surface area contributed by atoms with Crippen molar-refractivity contribution < 1.29 is 23.1 Å². The van der Waals surface area contributed by atoms with Crippen LogP contribution in [0.4, 0.5) is 0 Å². The van der Waals surface area contributed by atoms with Crippen molar-refractivity contribution in [2.24, 2.45) is 0 Å². The second-order valence-corrected chi connectivity index (χ2v) is 7.38. The first-order valence-corrected chi connectivity index (χ1v) is 8.13. The lowest BCUT2D eigenvalue weighted by Crippen LogP contribution is -2.42. The average molecular weight is 293 g/mol. The zero-order valence-electron chi connectivity index (χ0n) is 11.6. The van der Waals surface area contributed by atoms with E-state index in [0.29, 0.717) is 12.8 Å². The molecule has 19 heavy (non-hydrogen) atoms. The Bertz CT molecular complexity index is 400. The van der Waals surface area contributed by atoms with E-state index in [-0.39, 0.29) is 25.1 Å². The van der Waals surface area contributed by atoms with Gasteiger partial charge in [-0.25, -0.2) is 12.7 Å². The lowest BCUT2D eigenvalue weighted by molar-refractivity contribution is -0.140. The molecule has 112 valence electrons. The summed E-state index contributed by atoms with van der Waals surface area (Å²) in [6.07, 6.45) is 3.50. The monoisotopic (exact) mass is 293 g/mol. The van der Waals surface area contributed by atoms with Crippen molar-refractivity contribution in [1.82, 2.24) is 4.31 Å². The van der Waals surface area contributed by atoms with Crippen LogP contribution in [-0.4, -0.2) is 55.9 Å². The number of nitrogens with zero attached hydrogens (tertiary/aromatic N) is 1. The van der Waals surface area contributed by atoms with E-state index in [4.69, 9.17) is 0 Å². The van der Waals surface area contributed by atoms with Gasteiger partial charge in [0.25, 0.3) is 0 Å². The summed E-state index contributed by atoms with van der Waals surface area (Å²) in [5.41, 5.74) is -0.885. The van der Waals surface area contributed by atoms with E-state index in [9.17, 15) is 18.3 Å². The van der Waals surface area contributed by atoms with Crippen LogP contribution < -0.4 is 0 Å². The molecule has 1 fully saturated rings. The molecule has 1 saturated carbocycles. The molecule has 0 aromatic rings. The molecule has 7 heteroatoms. The van der Waals surface area contributed by atoms with Gasteiger partial charge in [0.1, 0.15) is 0 Å². The standard InChI is InChI=1S/C12H23NO5S/c1-13(10-12(15)7-3-4-8-12)19(16,17)9-5-6-11(14)18-2/h15H,3-10H2,1-2H3. The summed E-state index contributed by atoms with van der Waals surface area (Å²) in [7, 11) is -0.672. The first-order chi connectivity index (χ1) is 8.79. The maximum atomic E-state index is 12.0. The van der Waals surface area contributed by atoms with Gasteiger partial charge in [-0.2, -0.15) is 0 Å². The van der Waals surface area contributed by atoms with Crippen LogP contribution in [0.15, 0.2) is 0 Å². The largest absolute Gasteiger partial charge is 0.469 e. The van der Waals surface area contributed by atoms with Gasteiger partial charge in [0.05, 0.1) is 18.5 Å². The van der Waals surface area contributed by atoms with E-state index in [0.717, 1.165) is 12.8 Å². The maximum Gasteiger partial charge on any atom is 0.305 e. The van der Waals surface area contributed by atoms with Crippen molar-refractivity contribution >= 4 is 16.0 Å². The molecule has 0 aliphatic heterocycles. The molecule has 0 aromatic heterocycles. The quantitative estimate of drug-likeness (QED) is 0.691. The van der Waals surface area contributed by atoms with E-state index in [1.54, 1.807) is 0 Å². The van der Waals surface area contributed by atoms with Crippen molar-refractivity contribution in [1.29, 1.82) is 0 Å². The van der Waals surface area contributed by atoms with Gasteiger partial charge in [-0.05, 0) is 19.3 Å². The third-order valence-electron chi connectivity index (χ3n) is 3.54. The van der Waals surface area contributed by atoms with Gasteiger partial charge in [0.2, 0.25) is 10.0 Å². The van der Waals surface area contributed by atoms with Gasteiger partial charge in [-0.3, -0.25) is 4.79 Å². The highest BCUT2D eigenvalue weighted by Crippen LogP contribution is 2.30. The number of rotatable bonds is 7. The Kier molecular flexibility index (Phi) is 5.76. The highest BCUT2D eigenvalue weighted by atomic mass is 32.2. The molecule has 0 amide bonds. The Morgan fingerprint density at radius 2 is 1.95 bits per heavy atom. The number of carbonyl (C=O) groups excluding carboxylic acids is 1. The summed E-state index contributed by atoms with van der Waals surface area (Å²) >= 11 is 0. The normalized spacial score (nSPS) is 18.7. The Balaban J connectivity index is 2.45. The van der Waals surface area contributed by atoms with Crippen LogP contribution >= 0.6 is 0 Å². The van der Waals surface area contributed by atoms with Crippen LogP contribution in [0.2, 0.25) is 0 Å². The van der Waals surface area contributed by atoms with E-state index in [1.165, 1.54) is 18.5 Å². The van der Waals surface area contributed by atoms with Crippen LogP contribution in [-0.2, 0) is 19.6 Å². The highest BCUT2D eigenvalue weighted by Gasteiger charge is 2.35. The lowest BCUT2D eigenvalue weighted by Gasteiger charge is -2.28. The smallest absolute Gasteiger partial charge is 0.305 e. The molecule has 1 aliphatic carbocycles. The van der Waals surface area contributed by atoms with Gasteiger partial charge in [0, 0.05) is 20.0 Å². The molecule has 6 nitrogen and oxygen atoms in total. The predicted octanol–water partition coefficient (Wildman–Crippen LogP) is 0.506. The summed E-state index contributed by atoms with van der Waals surface area (Å²) < 4.78 is 29.7. The molecule has 0 spiro atoms. The fraction of sp³-hybridized carbons (Fsp3) is 0.917. The molecular weight excluding hydrogens is 270 g/mol. The Labute approximate surface area is 114 Å². The highest BCUT2D eigenvalue weighted by molar-refractivity contribution is 7.89. The minimum absolute atomic E-state index is 0.0911. The summed E-state index contributed by atoms with van der Waals surface area (Å²) in [5, 5.41) is 10.2. The van der Waals surface area contributed by atoms with Gasteiger partial charge in [-0.1, -0.05) is 12.8 Å². The third kappa shape index (κ3) is 5.08. The number of hydrogen-bond donors (Lipinski definition) is 1. The number of methoxy groups -OCH3 is 1. The van der Waals surface area contributed by atoms with Crippen LogP contribution in [0.1, 0.15) is 38.5 Å². The van der Waals surface area contributed by atoms with Crippen LogP contribution in [0, 0.1) is 0 Å². The van der Waals surface area contributed by atoms with Crippen LogP contribution in [0.25, 0.3) is 0 Å². The Hall–Kier alpha value is -0.660. The first-order valence-electron chi connectivity index (χ1n) is 6.52. The summed E-state index contributed by atoms with van der Waals surface area (Å²) in [4.78, 5) is 10.9. The summed E-state index contributed by atoms with van der Waals surface area (Å²) in [5.74, 6) is -0.512. The van der Waals surface area contributed by atoms with Gasteiger partial charge in [-0.15, -0.1) is 0 Å². The fourth-order valence-corrected chi connectivity index (χ4v) is 3.62. The third-order valence-corrected chi connectivity index (χ3v) is 5.42. The number of likely N-dealkylation sites (N-methyl/N-ethyl adjacent to an activating group) is 1. The van der Waals surface area contributed by atoms with E-state index >= 15 is 0 Å². The van der Waals surface area contributed by atoms with E-state index < -0.39 is 21.6 Å². The number of esters is 1. The Morgan fingerprint density at radius 1 is 1.37 bits per heavy atom. The number of carbonyl (C=O) groups is 1. The summed E-state index contributed by atoms with van der Waals surface area (Å²) in [6, 6.07) is 0. The van der Waals surface area contributed by atoms with Crippen molar-refractivity contribution in [2.45, 2.75) is 44.1 Å². The molecule has 1 aliphatic rings. The molecular formula is C12H23NO5S. The number of aliphatic hydroxyl groups is 1. The Morgan fingerprint density at radius 3 is 2.47 bits per heavy atom. The molecule has 0 aromatic carbocycles. The molecule has 0 bridgehead atoms. The zero-order chi connectivity index (χ0) is 14.5. The molecule has 0 saturated heterocycles. The summed E-state index contributed by atoms with van der Waals surface area (Å²) in [6.45, 7) is 0.132. The number of ether oxygens (including phenoxy) is 1. The molecule has 0 unspecified atom stereocenters. The SMILES string of the molecule is COC(=O)CCCS(=O)(=O)N(C)CC1(O)CCCC1. The van der Waals surface area contributed by atoms with Gasteiger partial charge in [0.15, 0.2) is 0 Å². The van der Waals surface area contributed by atoms with Gasteiger partial charge < -0.3 is 9.84 Å². The molecule has 1 rings (SSSR count). The second-order valence-electron chi connectivity index (χ2n) is 5.18. The fourth-order valence-electron chi connectivity index (χ4n) is 2.36. The second kappa shape index (κ2) is 6.67. The van der Waals surface area contributed by atoms with E-state index in [1.807, 2.05) is 0 Å². The van der Waals surface area contributed by atoms with Crippen LogP contribution in [0.5, 0.6) is 0 Å². The maximum absolute atomic E-state index is 12.0. The molecule has 0 radical (unpaired) electrons. The first kappa shape index (κ1) is 16.4. The molecule has 0 atom stereocenters. The van der Waals surface area contributed by atoms with Crippen molar-refractivity contribution in [3.63, 3.8) is 0 Å². The minimum atomic E-state index is -3.42. The molecule has 0 heterocycles. The van der Waals surface area contributed by atoms with Crippen molar-refractivity contribution in [3.05, 3.63) is 0 Å². The molecule has 1 N–H and O–H groups in total. The van der Waals surface area contributed by atoms with Gasteiger partial charge >= 0.3 is 5.97 Å². The lowest BCUT2D eigenvalue weighted by atomic mass is 10.0.